The van der Waals surface area contributed by atoms with Gasteiger partial charge in [0.25, 0.3) is 0 Å². The fraction of sp³-hybridized carbons (Fsp3) is 0.526. The van der Waals surface area contributed by atoms with Gasteiger partial charge in [-0.05, 0) is 49.8 Å². The first-order chi connectivity index (χ1) is 11.7. The summed E-state index contributed by atoms with van der Waals surface area (Å²) in [6, 6.07) is 8.18. The molecule has 0 bridgehead atoms. The molecular formula is C19H29N5O. The predicted molar refractivity (Wildman–Crippen MR) is 102 cm³/mol. The number of rotatable bonds is 6. The van der Waals surface area contributed by atoms with Crippen molar-refractivity contribution >= 4 is 11.9 Å². The van der Waals surface area contributed by atoms with E-state index in [9.17, 15) is 0 Å². The molecule has 0 atom stereocenters. The number of hydrogen-bond donors (Lipinski definition) is 1. The van der Waals surface area contributed by atoms with Gasteiger partial charge in [0.2, 0.25) is 11.9 Å². The zero-order chi connectivity index (χ0) is 16.8. The molecule has 2 heterocycles. The van der Waals surface area contributed by atoms with E-state index in [4.69, 9.17) is 10.5 Å². The third kappa shape index (κ3) is 5.31. The molecule has 0 unspecified atom stereocenters. The molecule has 3 rings (SSSR count). The van der Waals surface area contributed by atoms with Gasteiger partial charge in [-0.2, -0.15) is 15.0 Å². The zero-order valence-corrected chi connectivity index (χ0v) is 14.2. The van der Waals surface area contributed by atoms with Crippen LogP contribution in [0.25, 0.3) is 0 Å². The molecule has 1 aromatic heterocycles. The van der Waals surface area contributed by atoms with Gasteiger partial charge in [0.15, 0.2) is 0 Å². The van der Waals surface area contributed by atoms with Crippen LogP contribution >= 0.6 is 0 Å². The lowest BCUT2D eigenvalue weighted by Gasteiger charge is -2.26. The third-order valence-electron chi connectivity index (χ3n) is 4.35. The number of nitrogen functional groups attached to an aromatic ring is 1. The van der Waals surface area contributed by atoms with Crippen LogP contribution in [0, 0.1) is 0 Å². The van der Waals surface area contributed by atoms with Crippen LogP contribution in [0.4, 0.5) is 11.9 Å². The van der Waals surface area contributed by atoms with E-state index < -0.39 is 0 Å². The van der Waals surface area contributed by atoms with E-state index in [1.165, 1.54) is 24.8 Å². The van der Waals surface area contributed by atoms with Crippen LogP contribution in [0.5, 0.6) is 5.75 Å². The van der Waals surface area contributed by atoms with Gasteiger partial charge in [-0.3, -0.25) is 0 Å². The minimum absolute atomic E-state index is 0. The standard InChI is InChI=1S/C18H25N5O.CH4/c1-24-15-10-8-14(9-11-15)6-5-7-16-20-17(19)22-18(21-16)23-12-3-2-4-13-23;/h8-11H,2-7,12-13H2,1H3,(H2,19,20,21,22);1H4. The maximum atomic E-state index is 5.88. The largest absolute Gasteiger partial charge is 0.497 e. The van der Waals surface area contributed by atoms with E-state index in [2.05, 4.69) is 32.0 Å². The molecule has 2 aromatic rings. The Kier molecular flexibility index (Phi) is 6.98. The number of aryl methyl sites for hydroxylation is 2. The SMILES string of the molecule is C.COc1ccc(CCCc2nc(N)nc(N3CCCCC3)n2)cc1. The van der Waals surface area contributed by atoms with Crippen LogP contribution in [-0.2, 0) is 12.8 Å². The summed E-state index contributed by atoms with van der Waals surface area (Å²) in [7, 11) is 1.68. The lowest BCUT2D eigenvalue weighted by atomic mass is 10.1. The quantitative estimate of drug-likeness (QED) is 0.867. The summed E-state index contributed by atoms with van der Waals surface area (Å²) < 4.78 is 5.18. The lowest BCUT2D eigenvalue weighted by Crippen LogP contribution is -2.31. The maximum Gasteiger partial charge on any atom is 0.230 e. The van der Waals surface area contributed by atoms with E-state index in [0.29, 0.717) is 5.95 Å². The molecule has 6 heteroatoms. The van der Waals surface area contributed by atoms with Crippen molar-refractivity contribution in [2.24, 2.45) is 0 Å². The number of piperidine rings is 1. The Morgan fingerprint density at radius 2 is 1.72 bits per heavy atom. The number of anilines is 2. The Labute approximate surface area is 150 Å². The predicted octanol–water partition coefficient (Wildman–Crippen LogP) is 3.26. The van der Waals surface area contributed by atoms with Gasteiger partial charge >= 0.3 is 0 Å². The normalized spacial score (nSPS) is 14.0. The molecule has 0 amide bonds. The fourth-order valence-corrected chi connectivity index (χ4v) is 3.02. The summed E-state index contributed by atoms with van der Waals surface area (Å²) in [5, 5.41) is 0. The van der Waals surface area contributed by atoms with Crippen molar-refractivity contribution in [3.8, 4) is 5.75 Å². The summed E-state index contributed by atoms with van der Waals surface area (Å²) in [6.07, 6.45) is 6.44. The number of nitrogens with zero attached hydrogens (tertiary/aromatic N) is 4. The van der Waals surface area contributed by atoms with Crippen LogP contribution in [0.2, 0.25) is 0 Å². The van der Waals surface area contributed by atoms with Gasteiger partial charge < -0.3 is 15.4 Å². The van der Waals surface area contributed by atoms with Crippen molar-refractivity contribution in [2.45, 2.75) is 46.0 Å². The van der Waals surface area contributed by atoms with Gasteiger partial charge in [-0.25, -0.2) is 0 Å². The van der Waals surface area contributed by atoms with Crippen LogP contribution in [-0.4, -0.2) is 35.2 Å². The van der Waals surface area contributed by atoms with E-state index in [1.54, 1.807) is 7.11 Å². The van der Waals surface area contributed by atoms with Crippen molar-refractivity contribution < 1.29 is 4.74 Å². The molecule has 1 aliphatic heterocycles. The Morgan fingerprint density at radius 1 is 1.00 bits per heavy atom. The maximum absolute atomic E-state index is 5.88. The second-order valence-corrected chi connectivity index (χ2v) is 6.16. The molecule has 0 radical (unpaired) electrons. The molecule has 6 nitrogen and oxygen atoms in total. The Hall–Kier alpha value is -2.37. The number of methoxy groups -OCH3 is 1. The third-order valence-corrected chi connectivity index (χ3v) is 4.35. The van der Waals surface area contributed by atoms with E-state index >= 15 is 0 Å². The number of nitrogens with two attached hydrogens (primary N) is 1. The van der Waals surface area contributed by atoms with Crippen molar-refractivity contribution in [1.82, 2.24) is 15.0 Å². The van der Waals surface area contributed by atoms with Crippen molar-refractivity contribution in [3.63, 3.8) is 0 Å². The first-order valence-electron chi connectivity index (χ1n) is 8.63. The summed E-state index contributed by atoms with van der Waals surface area (Å²) in [5.74, 6) is 2.73. The first-order valence-corrected chi connectivity index (χ1v) is 8.63. The van der Waals surface area contributed by atoms with E-state index in [-0.39, 0.29) is 7.43 Å². The van der Waals surface area contributed by atoms with Gasteiger partial charge in [-0.1, -0.05) is 19.6 Å². The minimum Gasteiger partial charge on any atom is -0.497 e. The minimum atomic E-state index is 0. The molecule has 0 spiro atoms. The number of ether oxygens (including phenoxy) is 1. The molecule has 1 aromatic carbocycles. The van der Waals surface area contributed by atoms with Crippen LogP contribution in [0.3, 0.4) is 0 Å². The average molecular weight is 343 g/mol. The molecule has 25 heavy (non-hydrogen) atoms. The van der Waals surface area contributed by atoms with Gasteiger partial charge in [0, 0.05) is 19.5 Å². The van der Waals surface area contributed by atoms with E-state index in [0.717, 1.165) is 49.9 Å². The molecule has 0 aliphatic carbocycles. The highest BCUT2D eigenvalue weighted by Crippen LogP contribution is 2.17. The molecule has 1 fully saturated rings. The molecule has 2 N–H and O–H groups in total. The van der Waals surface area contributed by atoms with Crippen LogP contribution < -0.4 is 15.4 Å². The monoisotopic (exact) mass is 343 g/mol. The second kappa shape index (κ2) is 9.20. The summed E-state index contributed by atoms with van der Waals surface area (Å²) in [4.78, 5) is 15.4. The van der Waals surface area contributed by atoms with Gasteiger partial charge in [0.05, 0.1) is 7.11 Å². The molecule has 1 aliphatic rings. The average Bonchev–Trinajstić information content (AvgIpc) is 2.63. The zero-order valence-electron chi connectivity index (χ0n) is 14.2. The first kappa shape index (κ1) is 19.0. The summed E-state index contributed by atoms with van der Waals surface area (Å²) in [6.45, 7) is 2.02. The van der Waals surface area contributed by atoms with Gasteiger partial charge in [-0.15, -0.1) is 0 Å². The van der Waals surface area contributed by atoms with Crippen molar-refractivity contribution in [2.75, 3.05) is 30.8 Å². The topological polar surface area (TPSA) is 77.2 Å². The van der Waals surface area contributed by atoms with Crippen LogP contribution in [0.1, 0.15) is 44.5 Å². The van der Waals surface area contributed by atoms with Crippen molar-refractivity contribution in [1.29, 1.82) is 0 Å². The Bertz CT molecular complexity index is 653. The highest BCUT2D eigenvalue weighted by atomic mass is 16.5. The fourth-order valence-electron chi connectivity index (χ4n) is 3.02. The summed E-state index contributed by atoms with van der Waals surface area (Å²) >= 11 is 0. The van der Waals surface area contributed by atoms with Crippen LogP contribution in [0.15, 0.2) is 24.3 Å². The molecule has 1 saturated heterocycles. The van der Waals surface area contributed by atoms with Crippen molar-refractivity contribution in [3.05, 3.63) is 35.7 Å². The molecule has 136 valence electrons. The lowest BCUT2D eigenvalue weighted by molar-refractivity contribution is 0.414. The Morgan fingerprint density at radius 3 is 2.40 bits per heavy atom. The molecule has 0 saturated carbocycles. The number of aromatic nitrogens is 3. The molecular weight excluding hydrogens is 314 g/mol. The highest BCUT2D eigenvalue weighted by Gasteiger charge is 2.15. The smallest absolute Gasteiger partial charge is 0.230 e. The second-order valence-electron chi connectivity index (χ2n) is 6.16. The Balaban J connectivity index is 0.00000225. The van der Waals surface area contributed by atoms with Gasteiger partial charge in [0.1, 0.15) is 11.6 Å². The summed E-state index contributed by atoms with van der Waals surface area (Å²) in [5.41, 5.74) is 7.16. The number of hydrogen-bond acceptors (Lipinski definition) is 6. The number of benzene rings is 1. The highest BCUT2D eigenvalue weighted by molar-refractivity contribution is 5.35. The van der Waals surface area contributed by atoms with E-state index in [1.807, 2.05) is 12.1 Å².